The molecule has 4 rings (SSSR count). The molecular formula is C22H29N3O6. The van der Waals surface area contributed by atoms with Crippen LogP contribution in [0.3, 0.4) is 0 Å². The molecule has 1 atom stereocenters. The summed E-state index contributed by atoms with van der Waals surface area (Å²) in [6, 6.07) is 6.33. The van der Waals surface area contributed by atoms with Crippen molar-refractivity contribution in [1.82, 2.24) is 15.5 Å². The van der Waals surface area contributed by atoms with Crippen LogP contribution in [-0.2, 0) is 19.0 Å². The number of carbonyl (C=O) groups is 2. The van der Waals surface area contributed by atoms with E-state index in [4.69, 9.17) is 18.9 Å². The predicted molar refractivity (Wildman–Crippen MR) is 111 cm³/mol. The highest BCUT2D eigenvalue weighted by atomic mass is 16.7. The third kappa shape index (κ3) is 4.68. The molecule has 1 unspecified atom stereocenters. The number of likely N-dealkylation sites (tertiary alicyclic amines) is 1. The molecule has 3 aliphatic rings. The first-order valence-corrected chi connectivity index (χ1v) is 10.7. The highest BCUT2D eigenvalue weighted by Gasteiger charge is 2.41. The molecule has 168 valence electrons. The Morgan fingerprint density at radius 2 is 2.00 bits per heavy atom. The highest BCUT2D eigenvalue weighted by molar-refractivity contribution is 5.95. The van der Waals surface area contributed by atoms with Gasteiger partial charge in [-0.25, -0.2) is 9.59 Å². The Labute approximate surface area is 181 Å². The Hall–Kier alpha value is -2.62. The average molecular weight is 431 g/mol. The summed E-state index contributed by atoms with van der Waals surface area (Å²) in [5.74, 6) is -0.281. The molecule has 2 saturated heterocycles. The minimum atomic E-state index is -0.629. The number of esters is 1. The van der Waals surface area contributed by atoms with Gasteiger partial charge in [-0.2, -0.15) is 0 Å². The van der Waals surface area contributed by atoms with E-state index < -0.39 is 17.8 Å². The molecular weight excluding hydrogens is 402 g/mol. The van der Waals surface area contributed by atoms with E-state index in [9.17, 15) is 9.59 Å². The largest absolute Gasteiger partial charge is 0.497 e. The van der Waals surface area contributed by atoms with Crippen molar-refractivity contribution in [2.24, 2.45) is 0 Å². The Morgan fingerprint density at radius 1 is 1.26 bits per heavy atom. The van der Waals surface area contributed by atoms with Crippen LogP contribution in [0.2, 0.25) is 0 Å². The highest BCUT2D eigenvalue weighted by Crippen LogP contribution is 2.33. The first-order chi connectivity index (χ1) is 15.0. The lowest BCUT2D eigenvalue weighted by Gasteiger charge is -2.39. The van der Waals surface area contributed by atoms with Crippen molar-refractivity contribution in [3.8, 4) is 5.75 Å². The van der Waals surface area contributed by atoms with Crippen LogP contribution in [-0.4, -0.2) is 69.3 Å². The Kier molecular flexibility index (Phi) is 6.45. The number of piperidine rings is 1. The maximum Gasteiger partial charge on any atom is 0.338 e. The van der Waals surface area contributed by atoms with Crippen LogP contribution in [0.25, 0.3) is 0 Å². The molecule has 0 saturated carbocycles. The lowest BCUT2D eigenvalue weighted by Crippen LogP contribution is -2.51. The van der Waals surface area contributed by atoms with Crippen LogP contribution in [0.5, 0.6) is 5.75 Å². The fraction of sp³-hybridized carbons (Fsp3) is 0.545. The number of ether oxygens (including phenoxy) is 4. The van der Waals surface area contributed by atoms with Crippen LogP contribution >= 0.6 is 0 Å². The number of nitrogens with one attached hydrogen (secondary N) is 2. The number of hydrogen-bond acceptors (Lipinski definition) is 7. The van der Waals surface area contributed by atoms with Crippen molar-refractivity contribution in [2.75, 3.05) is 46.6 Å². The SMILES string of the molecule is CCOC(=O)C1=C(CN2CCC3(CC2)OCCO3)NC(=O)NC1c1cccc(OC)c1. The van der Waals surface area contributed by atoms with E-state index >= 15 is 0 Å². The zero-order valence-electron chi connectivity index (χ0n) is 17.9. The number of carbonyl (C=O) groups excluding carboxylic acids is 2. The van der Waals surface area contributed by atoms with Crippen molar-refractivity contribution < 1.29 is 28.5 Å². The molecule has 2 fully saturated rings. The van der Waals surface area contributed by atoms with Gasteiger partial charge in [-0.3, -0.25) is 4.90 Å². The first kappa shape index (κ1) is 21.6. The number of rotatable bonds is 6. The zero-order valence-corrected chi connectivity index (χ0v) is 17.9. The Bertz CT molecular complexity index is 855. The van der Waals surface area contributed by atoms with E-state index in [-0.39, 0.29) is 12.6 Å². The molecule has 2 amide bonds. The maximum absolute atomic E-state index is 12.9. The fourth-order valence-electron chi connectivity index (χ4n) is 4.32. The van der Waals surface area contributed by atoms with E-state index in [1.54, 1.807) is 14.0 Å². The Balaban J connectivity index is 1.60. The van der Waals surface area contributed by atoms with Gasteiger partial charge in [-0.15, -0.1) is 0 Å². The molecule has 1 aromatic carbocycles. The van der Waals surface area contributed by atoms with Gasteiger partial charge in [0.2, 0.25) is 0 Å². The van der Waals surface area contributed by atoms with Gasteiger partial charge in [-0.1, -0.05) is 12.1 Å². The van der Waals surface area contributed by atoms with Crippen molar-refractivity contribution in [2.45, 2.75) is 31.6 Å². The minimum absolute atomic E-state index is 0.245. The smallest absolute Gasteiger partial charge is 0.338 e. The Morgan fingerprint density at radius 3 is 2.68 bits per heavy atom. The van der Waals surface area contributed by atoms with Gasteiger partial charge >= 0.3 is 12.0 Å². The summed E-state index contributed by atoms with van der Waals surface area (Å²) in [4.78, 5) is 27.6. The predicted octanol–water partition coefficient (Wildman–Crippen LogP) is 1.71. The summed E-state index contributed by atoms with van der Waals surface area (Å²) in [6.45, 7) is 5.18. The molecule has 31 heavy (non-hydrogen) atoms. The quantitative estimate of drug-likeness (QED) is 0.662. The summed E-state index contributed by atoms with van der Waals surface area (Å²) < 4.78 is 22.3. The lowest BCUT2D eigenvalue weighted by atomic mass is 9.94. The summed E-state index contributed by atoms with van der Waals surface area (Å²) in [5, 5.41) is 5.69. The molecule has 0 bridgehead atoms. The number of methoxy groups -OCH3 is 1. The molecule has 2 N–H and O–H groups in total. The molecule has 1 spiro atoms. The van der Waals surface area contributed by atoms with E-state index in [0.29, 0.717) is 36.8 Å². The second-order valence-corrected chi connectivity index (χ2v) is 7.80. The molecule has 9 nitrogen and oxygen atoms in total. The molecule has 0 aromatic heterocycles. The normalized spacial score (nSPS) is 23.4. The molecule has 1 aromatic rings. The van der Waals surface area contributed by atoms with E-state index in [2.05, 4.69) is 15.5 Å². The molecule has 3 heterocycles. The van der Waals surface area contributed by atoms with Crippen LogP contribution < -0.4 is 15.4 Å². The summed E-state index contributed by atoms with van der Waals surface area (Å²) in [6.07, 6.45) is 1.50. The molecule has 0 radical (unpaired) electrons. The zero-order chi connectivity index (χ0) is 21.8. The van der Waals surface area contributed by atoms with E-state index in [1.165, 1.54) is 0 Å². The number of hydrogen-bond donors (Lipinski definition) is 2. The monoisotopic (exact) mass is 431 g/mol. The van der Waals surface area contributed by atoms with Crippen molar-refractivity contribution in [1.29, 1.82) is 0 Å². The maximum atomic E-state index is 12.9. The molecule has 3 aliphatic heterocycles. The topological polar surface area (TPSA) is 98.4 Å². The van der Waals surface area contributed by atoms with Crippen LogP contribution in [0, 0.1) is 0 Å². The number of nitrogens with zero attached hydrogens (tertiary/aromatic N) is 1. The standard InChI is InChI=1S/C22H29N3O6/c1-3-29-20(26)18-17(14-25-9-7-22(8-10-25)30-11-12-31-22)23-21(27)24-19(18)15-5-4-6-16(13-15)28-2/h4-6,13,19H,3,7-12,14H2,1-2H3,(H2,23,24,27). The average Bonchev–Trinajstić information content (AvgIpc) is 3.23. The number of benzene rings is 1. The third-order valence-corrected chi connectivity index (χ3v) is 5.89. The van der Waals surface area contributed by atoms with Gasteiger partial charge < -0.3 is 29.6 Å². The number of urea groups is 1. The van der Waals surface area contributed by atoms with Gasteiger partial charge in [0.05, 0.1) is 38.5 Å². The minimum Gasteiger partial charge on any atom is -0.497 e. The second kappa shape index (κ2) is 9.25. The lowest BCUT2D eigenvalue weighted by molar-refractivity contribution is -0.184. The van der Waals surface area contributed by atoms with Gasteiger partial charge in [0.1, 0.15) is 5.75 Å². The molecule has 0 aliphatic carbocycles. The van der Waals surface area contributed by atoms with Gasteiger partial charge in [0.25, 0.3) is 0 Å². The van der Waals surface area contributed by atoms with Crippen molar-refractivity contribution in [3.05, 3.63) is 41.1 Å². The molecule has 9 heteroatoms. The second-order valence-electron chi connectivity index (χ2n) is 7.80. The summed E-state index contributed by atoms with van der Waals surface area (Å²) >= 11 is 0. The van der Waals surface area contributed by atoms with Crippen molar-refractivity contribution in [3.63, 3.8) is 0 Å². The van der Waals surface area contributed by atoms with Crippen LogP contribution in [0.4, 0.5) is 4.79 Å². The summed E-state index contributed by atoms with van der Waals surface area (Å²) in [7, 11) is 1.58. The summed E-state index contributed by atoms with van der Waals surface area (Å²) in [5.41, 5.74) is 1.71. The third-order valence-electron chi connectivity index (χ3n) is 5.89. The van der Waals surface area contributed by atoms with E-state index in [1.807, 2.05) is 24.3 Å². The number of amides is 2. The fourth-order valence-corrected chi connectivity index (χ4v) is 4.32. The van der Waals surface area contributed by atoms with Crippen LogP contribution in [0.1, 0.15) is 31.4 Å². The van der Waals surface area contributed by atoms with Crippen LogP contribution in [0.15, 0.2) is 35.5 Å². The van der Waals surface area contributed by atoms with Gasteiger partial charge in [0, 0.05) is 38.2 Å². The first-order valence-electron chi connectivity index (χ1n) is 10.7. The van der Waals surface area contributed by atoms with Gasteiger partial charge in [0.15, 0.2) is 5.79 Å². The van der Waals surface area contributed by atoms with E-state index in [0.717, 1.165) is 31.5 Å². The van der Waals surface area contributed by atoms with Gasteiger partial charge in [-0.05, 0) is 24.6 Å². The van der Waals surface area contributed by atoms with Crippen molar-refractivity contribution >= 4 is 12.0 Å².